The Bertz CT molecular complexity index is 407. The first-order chi connectivity index (χ1) is 8.54. The lowest BCUT2D eigenvalue weighted by Crippen LogP contribution is -2.32. The van der Waals surface area contributed by atoms with Crippen molar-refractivity contribution in [2.24, 2.45) is 0 Å². The van der Waals surface area contributed by atoms with Gasteiger partial charge in [0.2, 0.25) is 0 Å². The van der Waals surface area contributed by atoms with Crippen molar-refractivity contribution in [1.29, 1.82) is 0 Å². The zero-order valence-electron chi connectivity index (χ0n) is 10.9. The van der Waals surface area contributed by atoms with E-state index in [0.29, 0.717) is 5.02 Å². The van der Waals surface area contributed by atoms with Gasteiger partial charge < -0.3 is 10.4 Å². The molecule has 0 fully saturated rings. The monoisotopic (exact) mass is 269 g/mol. The molecule has 0 saturated heterocycles. The van der Waals surface area contributed by atoms with Crippen LogP contribution in [0.1, 0.15) is 49.9 Å². The normalized spacial score (nSPS) is 12.2. The summed E-state index contributed by atoms with van der Waals surface area (Å²) < 4.78 is 0. The van der Waals surface area contributed by atoms with Gasteiger partial charge in [-0.05, 0) is 31.5 Å². The highest BCUT2D eigenvalue weighted by atomic mass is 35.5. The zero-order chi connectivity index (χ0) is 13.5. The number of benzene rings is 1. The molecule has 18 heavy (non-hydrogen) atoms. The van der Waals surface area contributed by atoms with Gasteiger partial charge in [-0.25, -0.2) is 0 Å². The summed E-state index contributed by atoms with van der Waals surface area (Å²) in [6.07, 6.45) is 4.37. The predicted molar refractivity (Wildman–Crippen MR) is 74.2 cm³/mol. The number of phenols is 1. The van der Waals surface area contributed by atoms with Gasteiger partial charge in [0.15, 0.2) is 0 Å². The molecule has 0 aliphatic rings. The quantitative estimate of drug-likeness (QED) is 0.773. The van der Waals surface area contributed by atoms with E-state index in [4.69, 9.17) is 11.6 Å². The highest BCUT2D eigenvalue weighted by Gasteiger charge is 2.13. The molecule has 1 unspecified atom stereocenters. The lowest BCUT2D eigenvalue weighted by atomic mass is 10.1. The minimum absolute atomic E-state index is 0.0438. The van der Waals surface area contributed by atoms with Gasteiger partial charge in [-0.1, -0.05) is 37.8 Å². The Hall–Kier alpha value is -1.22. The summed E-state index contributed by atoms with van der Waals surface area (Å²) in [6, 6.07) is 4.56. The maximum atomic E-state index is 11.9. The number of nitrogens with one attached hydrogen (secondary N) is 1. The van der Waals surface area contributed by atoms with Crippen molar-refractivity contribution in [2.75, 3.05) is 0 Å². The number of phenolic OH excluding ortho intramolecular Hbond substituents is 1. The van der Waals surface area contributed by atoms with E-state index < -0.39 is 0 Å². The van der Waals surface area contributed by atoms with Crippen molar-refractivity contribution in [2.45, 2.75) is 45.6 Å². The molecule has 100 valence electrons. The molecule has 1 amide bonds. The van der Waals surface area contributed by atoms with Gasteiger partial charge in [0.25, 0.3) is 5.91 Å². The fourth-order valence-electron chi connectivity index (χ4n) is 1.76. The van der Waals surface area contributed by atoms with Crippen LogP contribution in [0.25, 0.3) is 0 Å². The molecule has 2 N–H and O–H groups in total. The van der Waals surface area contributed by atoms with Crippen LogP contribution in [0, 0.1) is 0 Å². The van der Waals surface area contributed by atoms with E-state index in [1.54, 1.807) is 6.07 Å². The van der Waals surface area contributed by atoms with Gasteiger partial charge in [0.1, 0.15) is 5.75 Å². The molecule has 0 heterocycles. The highest BCUT2D eigenvalue weighted by molar-refractivity contribution is 6.31. The Balaban J connectivity index is 2.56. The van der Waals surface area contributed by atoms with Crippen LogP contribution in [0.3, 0.4) is 0 Å². The number of unbranched alkanes of at least 4 members (excludes halogenated alkanes) is 2. The molecule has 4 heteroatoms. The third-order valence-corrected chi connectivity index (χ3v) is 3.06. The molecule has 1 aromatic carbocycles. The molecule has 0 aliphatic carbocycles. The molecule has 3 nitrogen and oxygen atoms in total. The van der Waals surface area contributed by atoms with E-state index >= 15 is 0 Å². The van der Waals surface area contributed by atoms with Crippen LogP contribution in [0.2, 0.25) is 5.02 Å². The molecule has 1 atom stereocenters. The largest absolute Gasteiger partial charge is 0.507 e. The van der Waals surface area contributed by atoms with Crippen LogP contribution >= 0.6 is 11.6 Å². The summed E-state index contributed by atoms with van der Waals surface area (Å²) in [5.74, 6) is -0.323. The number of amides is 1. The van der Waals surface area contributed by atoms with E-state index in [1.165, 1.54) is 18.6 Å². The first-order valence-electron chi connectivity index (χ1n) is 6.34. The first-order valence-corrected chi connectivity index (χ1v) is 6.71. The minimum Gasteiger partial charge on any atom is -0.507 e. The second-order valence-corrected chi connectivity index (χ2v) is 4.97. The van der Waals surface area contributed by atoms with Crippen LogP contribution in [0.5, 0.6) is 5.75 Å². The molecule has 1 aromatic rings. The van der Waals surface area contributed by atoms with Gasteiger partial charge in [-0.2, -0.15) is 0 Å². The van der Waals surface area contributed by atoms with Crippen LogP contribution in [-0.4, -0.2) is 17.1 Å². The van der Waals surface area contributed by atoms with E-state index in [-0.39, 0.29) is 23.3 Å². The van der Waals surface area contributed by atoms with Crippen molar-refractivity contribution in [3.63, 3.8) is 0 Å². The molecular weight excluding hydrogens is 250 g/mol. The average molecular weight is 270 g/mol. The van der Waals surface area contributed by atoms with E-state index in [1.807, 2.05) is 6.92 Å². The number of hydrogen-bond acceptors (Lipinski definition) is 2. The van der Waals surface area contributed by atoms with Crippen LogP contribution < -0.4 is 5.32 Å². The molecule has 0 radical (unpaired) electrons. The molecular formula is C14H20ClNO2. The summed E-state index contributed by atoms with van der Waals surface area (Å²) in [6.45, 7) is 4.11. The summed E-state index contributed by atoms with van der Waals surface area (Å²) in [5, 5.41) is 12.9. The number of halogens is 1. The molecule has 1 rings (SSSR count). The maximum Gasteiger partial charge on any atom is 0.255 e. The minimum atomic E-state index is -0.279. The summed E-state index contributed by atoms with van der Waals surface area (Å²) >= 11 is 5.81. The topological polar surface area (TPSA) is 49.3 Å². The average Bonchev–Trinajstić information content (AvgIpc) is 2.32. The van der Waals surface area contributed by atoms with Crippen LogP contribution in [0.4, 0.5) is 0 Å². The van der Waals surface area contributed by atoms with Gasteiger partial charge in [0.05, 0.1) is 5.56 Å². The summed E-state index contributed by atoms with van der Waals surface area (Å²) in [7, 11) is 0. The van der Waals surface area contributed by atoms with Crippen molar-refractivity contribution in [3.8, 4) is 5.75 Å². The second-order valence-electron chi connectivity index (χ2n) is 4.53. The number of carbonyl (C=O) groups is 1. The Morgan fingerprint density at radius 3 is 2.83 bits per heavy atom. The van der Waals surface area contributed by atoms with Crippen molar-refractivity contribution >= 4 is 17.5 Å². The van der Waals surface area contributed by atoms with Crippen molar-refractivity contribution < 1.29 is 9.90 Å². The summed E-state index contributed by atoms with van der Waals surface area (Å²) in [4.78, 5) is 11.9. The van der Waals surface area contributed by atoms with Gasteiger partial charge in [-0.15, -0.1) is 0 Å². The highest BCUT2D eigenvalue weighted by Crippen LogP contribution is 2.21. The molecule has 0 aliphatic heterocycles. The van der Waals surface area contributed by atoms with Crippen LogP contribution in [-0.2, 0) is 0 Å². The van der Waals surface area contributed by atoms with Crippen molar-refractivity contribution in [3.05, 3.63) is 28.8 Å². The molecule has 0 bridgehead atoms. The Morgan fingerprint density at radius 1 is 1.44 bits per heavy atom. The number of hydrogen-bond donors (Lipinski definition) is 2. The third kappa shape index (κ3) is 4.57. The molecule has 0 spiro atoms. The van der Waals surface area contributed by atoms with E-state index in [2.05, 4.69) is 12.2 Å². The first kappa shape index (κ1) is 14.8. The maximum absolute atomic E-state index is 11.9. The van der Waals surface area contributed by atoms with Gasteiger partial charge >= 0.3 is 0 Å². The van der Waals surface area contributed by atoms with E-state index in [0.717, 1.165) is 19.3 Å². The standard InChI is InChI=1S/C14H20ClNO2/c1-3-4-5-6-10(2)16-14(18)12-9-11(15)7-8-13(12)17/h7-10,17H,3-6H2,1-2H3,(H,16,18). The number of rotatable bonds is 6. The third-order valence-electron chi connectivity index (χ3n) is 2.82. The Labute approximate surface area is 113 Å². The fourth-order valence-corrected chi connectivity index (χ4v) is 1.94. The van der Waals surface area contributed by atoms with Crippen LogP contribution in [0.15, 0.2) is 18.2 Å². The molecule has 0 saturated carbocycles. The smallest absolute Gasteiger partial charge is 0.255 e. The molecule has 0 aromatic heterocycles. The lowest BCUT2D eigenvalue weighted by molar-refractivity contribution is 0.0935. The number of aromatic hydroxyl groups is 1. The Kier molecular flexibility index (Phi) is 5.99. The second kappa shape index (κ2) is 7.27. The predicted octanol–water partition coefficient (Wildman–Crippen LogP) is 3.74. The summed E-state index contributed by atoms with van der Waals surface area (Å²) in [5.41, 5.74) is 0.227. The van der Waals surface area contributed by atoms with Crippen molar-refractivity contribution in [1.82, 2.24) is 5.32 Å². The zero-order valence-corrected chi connectivity index (χ0v) is 11.6. The van der Waals surface area contributed by atoms with Gasteiger partial charge in [0, 0.05) is 11.1 Å². The fraction of sp³-hybridized carbons (Fsp3) is 0.500. The lowest BCUT2D eigenvalue weighted by Gasteiger charge is -2.14. The number of carbonyl (C=O) groups excluding carboxylic acids is 1. The SMILES string of the molecule is CCCCCC(C)NC(=O)c1cc(Cl)ccc1O. The Morgan fingerprint density at radius 2 is 2.17 bits per heavy atom. The van der Waals surface area contributed by atoms with Gasteiger partial charge in [-0.3, -0.25) is 4.79 Å². The van der Waals surface area contributed by atoms with E-state index in [9.17, 15) is 9.90 Å².